The molecule has 36 heavy (non-hydrogen) atoms. The van der Waals surface area contributed by atoms with E-state index in [1.54, 1.807) is 6.92 Å². The number of aliphatic carboxylic acids is 1. The zero-order chi connectivity index (χ0) is 26.3. The molecule has 1 aliphatic rings. The molecule has 0 aliphatic heterocycles. The summed E-state index contributed by atoms with van der Waals surface area (Å²) >= 11 is 0. The maximum Gasteiger partial charge on any atom is 0.326 e. The first-order chi connectivity index (χ1) is 17.3. The summed E-state index contributed by atoms with van der Waals surface area (Å²) in [6.07, 6.45) is 8.73. The van der Waals surface area contributed by atoms with E-state index in [9.17, 15) is 9.59 Å². The Labute approximate surface area is 215 Å². The van der Waals surface area contributed by atoms with Crippen LogP contribution in [0.25, 0.3) is 0 Å². The van der Waals surface area contributed by atoms with Gasteiger partial charge in [-0.2, -0.15) is 0 Å². The van der Waals surface area contributed by atoms with Crippen molar-refractivity contribution in [3.05, 3.63) is 95.1 Å². The van der Waals surface area contributed by atoms with Gasteiger partial charge in [0.05, 0.1) is 6.17 Å². The quantitative estimate of drug-likeness (QED) is 0.137. The third-order valence-electron chi connectivity index (χ3n) is 6.25. The average molecular weight is 492 g/mol. The molecule has 2 unspecified atom stereocenters. The molecule has 1 saturated carbocycles. The molecule has 1 aliphatic carbocycles. The van der Waals surface area contributed by atoms with Gasteiger partial charge in [-0.1, -0.05) is 84.0 Å². The lowest BCUT2D eigenvalue weighted by molar-refractivity contribution is -0.140. The van der Waals surface area contributed by atoms with Gasteiger partial charge in [-0.3, -0.25) is 4.79 Å². The summed E-state index contributed by atoms with van der Waals surface area (Å²) in [6, 6.07) is 20.8. The third-order valence-corrected chi connectivity index (χ3v) is 6.25. The Bertz CT molecular complexity index is 944. The van der Waals surface area contributed by atoms with E-state index in [-0.39, 0.29) is 6.17 Å². The van der Waals surface area contributed by atoms with Crippen molar-refractivity contribution in [2.75, 3.05) is 6.54 Å². The van der Waals surface area contributed by atoms with Gasteiger partial charge in [0.1, 0.15) is 6.04 Å². The van der Waals surface area contributed by atoms with E-state index in [2.05, 4.69) is 97.3 Å². The van der Waals surface area contributed by atoms with E-state index in [0.29, 0.717) is 31.7 Å². The van der Waals surface area contributed by atoms with Gasteiger partial charge in [0.15, 0.2) is 0 Å². The molecule has 5 N–H and O–H groups in total. The summed E-state index contributed by atoms with van der Waals surface area (Å²) in [5.41, 5.74) is 11.1. The Morgan fingerprint density at radius 3 is 2.03 bits per heavy atom. The number of hydrogen-bond donors (Lipinski definition) is 4. The molecule has 6 heteroatoms. The molecule has 0 saturated heterocycles. The zero-order valence-corrected chi connectivity index (χ0v) is 21.7. The Morgan fingerprint density at radius 2 is 1.58 bits per heavy atom. The maximum absolute atomic E-state index is 10.6. The van der Waals surface area contributed by atoms with Crippen molar-refractivity contribution in [2.45, 2.75) is 64.6 Å². The lowest BCUT2D eigenvalue weighted by atomic mass is 9.85. The molecule has 3 rings (SSSR count). The molecular formula is C30H41N3O3. The van der Waals surface area contributed by atoms with E-state index < -0.39 is 12.0 Å². The van der Waals surface area contributed by atoms with Gasteiger partial charge in [0.2, 0.25) is 6.41 Å². The number of carbonyl (C=O) groups is 2. The maximum atomic E-state index is 10.6. The molecule has 1 amide bonds. The van der Waals surface area contributed by atoms with Crippen LogP contribution in [0.3, 0.4) is 0 Å². The average Bonchev–Trinajstić information content (AvgIpc) is 3.72. The molecule has 6 nitrogen and oxygen atoms in total. The van der Waals surface area contributed by atoms with Gasteiger partial charge in [-0.15, -0.1) is 0 Å². The second kappa shape index (κ2) is 15.7. The Kier molecular flexibility index (Phi) is 12.7. The number of carboxylic acid groups (broad SMARTS) is 1. The predicted molar refractivity (Wildman–Crippen MR) is 146 cm³/mol. The standard InChI is InChI=1S/C22H24.C8H17N3O3/c1-17(19-15-16-19)13-14-18(2)22(20-9-5-3-6-10-20)21-11-7-4-8-12-21;1-6(9)10-4-2-3-7(8(13)14)11-5-12/h3-14,19,22H,15-16H2,1-2H3;5-7,10H,2-4,9H2,1H3,(H,11,12)(H,13,14)/b17-13-,18-14+;. The van der Waals surface area contributed by atoms with Gasteiger partial charge >= 0.3 is 5.97 Å². The van der Waals surface area contributed by atoms with Crippen LogP contribution in [-0.2, 0) is 9.59 Å². The normalized spacial score (nSPS) is 15.5. The van der Waals surface area contributed by atoms with Crippen molar-refractivity contribution in [3.8, 4) is 0 Å². The van der Waals surface area contributed by atoms with Gasteiger partial charge < -0.3 is 21.5 Å². The fourth-order valence-electron chi connectivity index (χ4n) is 4.04. The second-order valence-corrected chi connectivity index (χ2v) is 9.41. The van der Waals surface area contributed by atoms with Gasteiger partial charge in [0.25, 0.3) is 0 Å². The fraction of sp³-hybridized carbons (Fsp3) is 0.400. The van der Waals surface area contributed by atoms with Gasteiger partial charge in [-0.05, 0) is 70.0 Å². The minimum atomic E-state index is -1.02. The number of carbonyl (C=O) groups excluding carboxylic acids is 1. The highest BCUT2D eigenvalue weighted by molar-refractivity contribution is 5.76. The molecule has 1 fully saturated rings. The lowest BCUT2D eigenvalue weighted by Gasteiger charge is -2.19. The van der Waals surface area contributed by atoms with Crippen LogP contribution in [-0.4, -0.2) is 36.2 Å². The number of nitrogens with two attached hydrogens (primary N) is 1. The molecule has 0 bridgehead atoms. The highest BCUT2D eigenvalue weighted by Crippen LogP contribution is 2.37. The first-order valence-corrected chi connectivity index (χ1v) is 12.7. The minimum absolute atomic E-state index is 0.0997. The molecule has 2 atom stereocenters. The number of amides is 1. The highest BCUT2D eigenvalue weighted by atomic mass is 16.4. The highest BCUT2D eigenvalue weighted by Gasteiger charge is 2.22. The number of hydrogen-bond acceptors (Lipinski definition) is 4. The largest absolute Gasteiger partial charge is 0.480 e. The van der Waals surface area contributed by atoms with Gasteiger partial charge in [0, 0.05) is 5.92 Å². The van der Waals surface area contributed by atoms with Crippen molar-refractivity contribution in [3.63, 3.8) is 0 Å². The van der Waals surface area contributed by atoms with Crippen LogP contribution in [0.2, 0.25) is 0 Å². The number of benzene rings is 2. The van der Waals surface area contributed by atoms with E-state index in [4.69, 9.17) is 10.8 Å². The number of rotatable bonds is 13. The smallest absolute Gasteiger partial charge is 0.326 e. The summed E-state index contributed by atoms with van der Waals surface area (Å²) in [7, 11) is 0. The third kappa shape index (κ3) is 10.6. The van der Waals surface area contributed by atoms with E-state index in [1.807, 2.05) is 0 Å². The molecule has 2 aromatic carbocycles. The molecular weight excluding hydrogens is 450 g/mol. The Balaban J connectivity index is 0.000000284. The predicted octanol–water partition coefficient (Wildman–Crippen LogP) is 4.98. The van der Waals surface area contributed by atoms with Crippen LogP contribution in [0.15, 0.2) is 84.0 Å². The number of allylic oxidation sites excluding steroid dienone is 4. The van der Waals surface area contributed by atoms with E-state index >= 15 is 0 Å². The monoisotopic (exact) mass is 491 g/mol. The minimum Gasteiger partial charge on any atom is -0.480 e. The van der Waals surface area contributed by atoms with Crippen molar-refractivity contribution < 1.29 is 14.7 Å². The lowest BCUT2D eigenvalue weighted by Crippen LogP contribution is -2.38. The Hall–Kier alpha value is -3.22. The van der Waals surface area contributed by atoms with Crippen LogP contribution in [0.5, 0.6) is 0 Å². The van der Waals surface area contributed by atoms with Crippen LogP contribution in [0.1, 0.15) is 63.5 Å². The topological polar surface area (TPSA) is 104 Å². The molecule has 0 heterocycles. The molecule has 194 valence electrons. The van der Waals surface area contributed by atoms with Crippen molar-refractivity contribution in [1.82, 2.24) is 10.6 Å². The van der Waals surface area contributed by atoms with Gasteiger partial charge in [-0.25, -0.2) is 4.79 Å². The zero-order valence-electron chi connectivity index (χ0n) is 21.7. The van der Waals surface area contributed by atoms with E-state index in [1.165, 1.54) is 35.1 Å². The second-order valence-electron chi connectivity index (χ2n) is 9.41. The van der Waals surface area contributed by atoms with Crippen LogP contribution in [0.4, 0.5) is 0 Å². The Morgan fingerprint density at radius 1 is 1.03 bits per heavy atom. The summed E-state index contributed by atoms with van der Waals surface area (Å²) in [4.78, 5) is 20.6. The molecule has 0 aromatic heterocycles. The van der Waals surface area contributed by atoms with Crippen molar-refractivity contribution >= 4 is 12.4 Å². The summed E-state index contributed by atoms with van der Waals surface area (Å²) in [6.45, 7) is 6.96. The molecule has 0 radical (unpaired) electrons. The first kappa shape index (κ1) is 29.0. The first-order valence-electron chi connectivity index (χ1n) is 12.7. The van der Waals surface area contributed by atoms with Crippen molar-refractivity contribution in [1.29, 1.82) is 0 Å². The summed E-state index contributed by atoms with van der Waals surface area (Å²) < 4.78 is 0. The van der Waals surface area contributed by atoms with E-state index in [0.717, 1.165) is 5.92 Å². The van der Waals surface area contributed by atoms with Crippen LogP contribution >= 0.6 is 0 Å². The number of nitrogens with one attached hydrogen (secondary N) is 2. The number of carboxylic acids is 1. The molecule has 2 aromatic rings. The summed E-state index contributed by atoms with van der Waals surface area (Å²) in [5.74, 6) is 0.166. The molecule has 0 spiro atoms. The fourth-order valence-corrected chi connectivity index (χ4v) is 4.04. The van der Waals surface area contributed by atoms with Crippen LogP contribution in [0, 0.1) is 5.92 Å². The van der Waals surface area contributed by atoms with Crippen molar-refractivity contribution in [2.24, 2.45) is 11.7 Å². The summed E-state index contributed by atoms with van der Waals surface area (Å²) in [5, 5.41) is 13.8. The SMILES string of the molecule is C/C(=C/C=C(\C)C(c1ccccc1)c1ccccc1)C1CC1.CC(N)NCCCC(NC=O)C(=O)O. The van der Waals surface area contributed by atoms with Crippen LogP contribution < -0.4 is 16.4 Å².